The van der Waals surface area contributed by atoms with Crippen LogP contribution in [0.15, 0.2) is 71.7 Å². The Morgan fingerprint density at radius 1 is 1.10 bits per heavy atom. The number of hydrogen-bond acceptors (Lipinski definition) is 5. The molecule has 0 radical (unpaired) electrons. The lowest BCUT2D eigenvalue weighted by Crippen LogP contribution is -2.40. The predicted molar refractivity (Wildman–Crippen MR) is 118 cm³/mol. The average molecular weight is 409 g/mol. The SMILES string of the molecule is COC(=O)[C@H](CCS)N=C1CC=CCN1C(=O)c1ccccc1-c1ccccc1. The molecule has 0 aliphatic carbocycles. The molecule has 0 fully saturated rings. The molecule has 6 heteroatoms. The third-order valence-electron chi connectivity index (χ3n) is 4.73. The number of amidine groups is 1. The summed E-state index contributed by atoms with van der Waals surface area (Å²) in [6.07, 6.45) is 4.83. The fraction of sp³-hybridized carbons (Fsp3) is 0.261. The maximum Gasteiger partial charge on any atom is 0.330 e. The minimum absolute atomic E-state index is 0.137. The van der Waals surface area contributed by atoms with E-state index in [1.807, 2.05) is 66.7 Å². The van der Waals surface area contributed by atoms with Gasteiger partial charge in [0.05, 0.1) is 7.11 Å². The Balaban J connectivity index is 1.97. The molecule has 0 saturated carbocycles. The van der Waals surface area contributed by atoms with Crippen LogP contribution in [0.4, 0.5) is 0 Å². The van der Waals surface area contributed by atoms with Crippen molar-refractivity contribution in [2.75, 3.05) is 19.4 Å². The van der Waals surface area contributed by atoms with Gasteiger partial charge in [-0.2, -0.15) is 12.6 Å². The van der Waals surface area contributed by atoms with E-state index in [1.165, 1.54) is 7.11 Å². The Bertz CT molecular complexity index is 925. The number of carbonyl (C=O) groups is 2. The second-order valence-electron chi connectivity index (χ2n) is 6.60. The predicted octanol–water partition coefficient (Wildman–Crippen LogP) is 4.02. The summed E-state index contributed by atoms with van der Waals surface area (Å²) in [7, 11) is 1.34. The number of ether oxygens (including phenoxy) is 1. The molecule has 1 aliphatic rings. The van der Waals surface area contributed by atoms with Gasteiger partial charge in [0.1, 0.15) is 11.9 Å². The van der Waals surface area contributed by atoms with E-state index in [-0.39, 0.29) is 5.91 Å². The highest BCUT2D eigenvalue weighted by Crippen LogP contribution is 2.25. The molecule has 0 saturated heterocycles. The molecule has 0 bridgehead atoms. The minimum atomic E-state index is -0.668. The lowest BCUT2D eigenvalue weighted by Gasteiger charge is -2.27. The number of benzene rings is 2. The lowest BCUT2D eigenvalue weighted by atomic mass is 9.98. The van der Waals surface area contributed by atoms with Crippen LogP contribution >= 0.6 is 12.6 Å². The summed E-state index contributed by atoms with van der Waals surface area (Å²) in [4.78, 5) is 31.7. The van der Waals surface area contributed by atoms with Crippen LogP contribution in [0.3, 0.4) is 0 Å². The zero-order valence-electron chi connectivity index (χ0n) is 16.3. The molecular weight excluding hydrogens is 384 g/mol. The van der Waals surface area contributed by atoms with E-state index in [4.69, 9.17) is 4.74 Å². The summed E-state index contributed by atoms with van der Waals surface area (Å²) in [6.45, 7) is 0.412. The molecule has 5 nitrogen and oxygen atoms in total. The second kappa shape index (κ2) is 10.1. The van der Waals surface area contributed by atoms with E-state index in [1.54, 1.807) is 4.90 Å². The number of thiol groups is 1. The molecule has 0 aromatic heterocycles. The number of methoxy groups -OCH3 is 1. The van der Waals surface area contributed by atoms with Crippen molar-refractivity contribution in [3.05, 3.63) is 72.3 Å². The van der Waals surface area contributed by atoms with Crippen molar-refractivity contribution in [1.82, 2.24) is 4.90 Å². The molecule has 150 valence electrons. The normalized spacial score (nSPS) is 15.9. The number of rotatable bonds is 6. The molecule has 2 aromatic carbocycles. The van der Waals surface area contributed by atoms with Crippen LogP contribution in [-0.2, 0) is 9.53 Å². The van der Waals surface area contributed by atoms with Gasteiger partial charge in [0.25, 0.3) is 5.91 Å². The lowest BCUT2D eigenvalue weighted by molar-refractivity contribution is -0.142. The Morgan fingerprint density at radius 3 is 2.55 bits per heavy atom. The van der Waals surface area contributed by atoms with E-state index in [0.717, 1.165) is 11.1 Å². The van der Waals surface area contributed by atoms with Gasteiger partial charge in [0.15, 0.2) is 0 Å². The highest BCUT2D eigenvalue weighted by molar-refractivity contribution is 7.80. The summed E-state index contributed by atoms with van der Waals surface area (Å²) >= 11 is 4.21. The molecule has 1 heterocycles. The maximum absolute atomic E-state index is 13.5. The van der Waals surface area contributed by atoms with Gasteiger partial charge in [-0.05, 0) is 29.4 Å². The fourth-order valence-electron chi connectivity index (χ4n) is 3.26. The standard InChI is InChI=1S/C23H24N2O3S/c1-28-23(27)20(14-16-29)24-21-13-7-8-15-25(21)22(26)19-12-6-5-11-18(19)17-9-3-2-4-10-17/h2-12,20,29H,13-16H2,1H3/t20-/m0/s1. The smallest absolute Gasteiger partial charge is 0.330 e. The van der Waals surface area contributed by atoms with Gasteiger partial charge >= 0.3 is 5.97 Å². The summed E-state index contributed by atoms with van der Waals surface area (Å²) < 4.78 is 4.86. The highest BCUT2D eigenvalue weighted by Gasteiger charge is 2.26. The number of hydrogen-bond donors (Lipinski definition) is 1. The van der Waals surface area contributed by atoms with Crippen LogP contribution in [0.25, 0.3) is 11.1 Å². The molecular formula is C23H24N2O3S. The highest BCUT2D eigenvalue weighted by atomic mass is 32.1. The zero-order valence-corrected chi connectivity index (χ0v) is 17.2. The van der Waals surface area contributed by atoms with Gasteiger partial charge in [0, 0.05) is 18.5 Å². The Labute approximate surface area is 176 Å². The zero-order chi connectivity index (χ0) is 20.6. The number of aliphatic imine (C=N–C) groups is 1. The largest absolute Gasteiger partial charge is 0.467 e. The molecule has 3 rings (SSSR count). The van der Waals surface area contributed by atoms with Crippen molar-refractivity contribution < 1.29 is 14.3 Å². The third-order valence-corrected chi connectivity index (χ3v) is 4.99. The quantitative estimate of drug-likeness (QED) is 0.446. The number of nitrogens with zero attached hydrogens (tertiary/aromatic N) is 2. The molecule has 0 unspecified atom stereocenters. The van der Waals surface area contributed by atoms with Crippen LogP contribution in [-0.4, -0.2) is 48.1 Å². The Morgan fingerprint density at radius 2 is 1.83 bits per heavy atom. The van der Waals surface area contributed by atoms with Gasteiger partial charge in [0.2, 0.25) is 0 Å². The van der Waals surface area contributed by atoms with Crippen molar-refractivity contribution in [3.63, 3.8) is 0 Å². The summed E-state index contributed by atoms with van der Waals surface area (Å²) in [6, 6.07) is 16.7. The molecule has 1 aliphatic heterocycles. The summed E-state index contributed by atoms with van der Waals surface area (Å²) in [5.41, 5.74) is 2.45. The number of carbonyl (C=O) groups excluding carboxylic acids is 2. The Hall–Kier alpha value is -2.86. The van der Waals surface area contributed by atoms with Crippen molar-refractivity contribution in [2.45, 2.75) is 18.9 Å². The molecule has 1 atom stereocenters. The number of amides is 1. The first-order chi connectivity index (χ1) is 14.2. The van der Waals surface area contributed by atoms with Crippen LogP contribution < -0.4 is 0 Å². The van der Waals surface area contributed by atoms with E-state index in [9.17, 15) is 9.59 Å². The van der Waals surface area contributed by atoms with E-state index in [2.05, 4.69) is 17.6 Å². The van der Waals surface area contributed by atoms with E-state index in [0.29, 0.717) is 36.5 Å². The Kier molecular flexibility index (Phi) is 7.25. The molecule has 0 N–H and O–H groups in total. The average Bonchev–Trinajstić information content (AvgIpc) is 2.78. The van der Waals surface area contributed by atoms with E-state index < -0.39 is 12.0 Å². The van der Waals surface area contributed by atoms with Crippen molar-refractivity contribution in [2.24, 2.45) is 4.99 Å². The monoisotopic (exact) mass is 408 g/mol. The van der Waals surface area contributed by atoms with Crippen molar-refractivity contribution in [3.8, 4) is 11.1 Å². The van der Waals surface area contributed by atoms with E-state index >= 15 is 0 Å². The van der Waals surface area contributed by atoms with Crippen LogP contribution in [0.1, 0.15) is 23.2 Å². The second-order valence-corrected chi connectivity index (χ2v) is 7.05. The summed E-state index contributed by atoms with van der Waals surface area (Å²) in [5.74, 6) is 0.509. The minimum Gasteiger partial charge on any atom is -0.467 e. The molecule has 2 aromatic rings. The van der Waals surface area contributed by atoms with Crippen molar-refractivity contribution >= 4 is 30.3 Å². The molecule has 0 spiro atoms. The van der Waals surface area contributed by atoms with Crippen LogP contribution in [0, 0.1) is 0 Å². The van der Waals surface area contributed by atoms with Gasteiger partial charge in [-0.15, -0.1) is 0 Å². The van der Waals surface area contributed by atoms with Gasteiger partial charge < -0.3 is 4.74 Å². The van der Waals surface area contributed by atoms with Gasteiger partial charge in [-0.1, -0.05) is 60.7 Å². The van der Waals surface area contributed by atoms with Crippen LogP contribution in [0.5, 0.6) is 0 Å². The fourth-order valence-corrected chi connectivity index (χ4v) is 3.51. The number of esters is 1. The first-order valence-corrected chi connectivity index (χ1v) is 10.2. The molecule has 29 heavy (non-hydrogen) atoms. The summed E-state index contributed by atoms with van der Waals surface area (Å²) in [5, 5.41) is 0. The molecule has 1 amide bonds. The topological polar surface area (TPSA) is 59.0 Å². The van der Waals surface area contributed by atoms with Gasteiger partial charge in [-0.3, -0.25) is 14.7 Å². The van der Waals surface area contributed by atoms with Crippen LogP contribution in [0.2, 0.25) is 0 Å². The van der Waals surface area contributed by atoms with Gasteiger partial charge in [-0.25, -0.2) is 4.79 Å². The maximum atomic E-state index is 13.5. The van der Waals surface area contributed by atoms with Crippen molar-refractivity contribution in [1.29, 1.82) is 0 Å². The first-order valence-electron chi connectivity index (χ1n) is 9.52. The third kappa shape index (κ3) is 4.95. The first kappa shape index (κ1) is 20.9.